The number of benzene rings is 1. The maximum atomic E-state index is 12.8. The molecule has 0 saturated carbocycles. The third-order valence-electron chi connectivity index (χ3n) is 4.92. The number of rotatable bonds is 8. The molecular weight excluding hydrogens is 388 g/mol. The number of hydrogen-bond acceptors (Lipinski definition) is 7. The predicted octanol–water partition coefficient (Wildman–Crippen LogP) is 1.11. The summed E-state index contributed by atoms with van der Waals surface area (Å²) in [5.41, 5.74) is 1.19. The first kappa shape index (κ1) is 21.8. The molecule has 9 nitrogen and oxygen atoms in total. The molecule has 0 bridgehead atoms. The average molecular weight is 416 g/mol. The van der Waals surface area contributed by atoms with E-state index in [-0.39, 0.29) is 30.7 Å². The lowest BCUT2D eigenvalue weighted by Crippen LogP contribution is -2.42. The molecule has 0 aliphatic carbocycles. The van der Waals surface area contributed by atoms with Crippen LogP contribution in [0, 0.1) is 0 Å². The summed E-state index contributed by atoms with van der Waals surface area (Å²) in [6.07, 6.45) is 0. The second kappa shape index (κ2) is 10.2. The van der Waals surface area contributed by atoms with Crippen molar-refractivity contribution in [2.24, 2.45) is 0 Å². The number of morpholine rings is 1. The van der Waals surface area contributed by atoms with E-state index < -0.39 is 0 Å². The van der Waals surface area contributed by atoms with Crippen LogP contribution in [0.2, 0.25) is 0 Å². The summed E-state index contributed by atoms with van der Waals surface area (Å²) < 4.78 is 17.1. The SMILES string of the molecule is COCc1cc(=O)n(CC(=O)N[C@@H](C)c2ccc(OC)cc2)c(N2CCOCC2)n1. The number of nitrogens with zero attached hydrogens (tertiary/aromatic N) is 3. The number of hydrogen-bond donors (Lipinski definition) is 1. The fraction of sp³-hybridized carbons (Fsp3) is 0.476. The first-order valence-electron chi connectivity index (χ1n) is 9.87. The van der Waals surface area contributed by atoms with Crippen molar-refractivity contribution >= 4 is 11.9 Å². The summed E-state index contributed by atoms with van der Waals surface area (Å²) in [5, 5.41) is 2.94. The molecule has 9 heteroatoms. The van der Waals surface area contributed by atoms with Crippen molar-refractivity contribution in [2.75, 3.05) is 45.4 Å². The van der Waals surface area contributed by atoms with Crippen molar-refractivity contribution in [2.45, 2.75) is 26.1 Å². The summed E-state index contributed by atoms with van der Waals surface area (Å²) >= 11 is 0. The zero-order chi connectivity index (χ0) is 21.5. The molecule has 1 amide bonds. The summed E-state index contributed by atoms with van der Waals surface area (Å²) in [5.74, 6) is 0.947. The lowest BCUT2D eigenvalue weighted by Gasteiger charge is -2.30. The third kappa shape index (κ3) is 5.37. The minimum Gasteiger partial charge on any atom is -0.497 e. The number of carbonyl (C=O) groups is 1. The summed E-state index contributed by atoms with van der Waals surface area (Å²) in [7, 11) is 3.16. The Morgan fingerprint density at radius 1 is 1.23 bits per heavy atom. The Kier molecular flexibility index (Phi) is 7.42. The van der Waals surface area contributed by atoms with E-state index in [0.29, 0.717) is 37.9 Å². The number of ether oxygens (including phenoxy) is 3. The Hall–Kier alpha value is -2.91. The molecule has 3 rings (SSSR count). The van der Waals surface area contributed by atoms with Gasteiger partial charge in [-0.3, -0.25) is 14.2 Å². The Morgan fingerprint density at radius 3 is 2.57 bits per heavy atom. The van der Waals surface area contributed by atoms with Gasteiger partial charge in [0.25, 0.3) is 5.56 Å². The standard InChI is InChI=1S/C21H28N4O5/c1-15(16-4-6-18(29-3)7-5-16)22-19(26)13-25-20(27)12-17(14-28-2)23-21(25)24-8-10-30-11-9-24/h4-7,12,15H,8-11,13-14H2,1-3H3,(H,22,26)/t15-/m0/s1. The van der Waals surface area contributed by atoms with Crippen molar-refractivity contribution in [3.63, 3.8) is 0 Å². The topological polar surface area (TPSA) is 94.9 Å². The molecule has 2 aromatic rings. The van der Waals surface area contributed by atoms with Crippen LogP contribution < -0.4 is 20.5 Å². The molecule has 0 unspecified atom stereocenters. The maximum absolute atomic E-state index is 12.8. The van der Waals surface area contributed by atoms with Gasteiger partial charge in [0.05, 0.1) is 38.7 Å². The molecule has 0 radical (unpaired) electrons. The van der Waals surface area contributed by atoms with Crippen molar-refractivity contribution in [1.82, 2.24) is 14.9 Å². The average Bonchev–Trinajstić information content (AvgIpc) is 2.76. The lowest BCUT2D eigenvalue weighted by atomic mass is 10.1. The van der Waals surface area contributed by atoms with Gasteiger partial charge in [0, 0.05) is 26.3 Å². The van der Waals surface area contributed by atoms with Gasteiger partial charge in [-0.1, -0.05) is 12.1 Å². The fourth-order valence-electron chi connectivity index (χ4n) is 3.32. The van der Waals surface area contributed by atoms with Crippen LogP contribution in [0.15, 0.2) is 35.1 Å². The van der Waals surface area contributed by atoms with E-state index in [9.17, 15) is 9.59 Å². The van der Waals surface area contributed by atoms with E-state index in [1.54, 1.807) is 14.2 Å². The van der Waals surface area contributed by atoms with Gasteiger partial charge < -0.3 is 24.4 Å². The molecule has 1 aromatic carbocycles. The molecule has 1 aliphatic heterocycles. The Morgan fingerprint density at radius 2 is 1.93 bits per heavy atom. The second-order valence-electron chi connectivity index (χ2n) is 7.07. The molecule has 0 spiro atoms. The normalized spacial score (nSPS) is 15.0. The zero-order valence-electron chi connectivity index (χ0n) is 17.6. The molecule has 1 aliphatic rings. The van der Waals surface area contributed by atoms with Crippen LogP contribution in [0.1, 0.15) is 24.2 Å². The monoisotopic (exact) mass is 416 g/mol. The zero-order valence-corrected chi connectivity index (χ0v) is 17.6. The van der Waals surface area contributed by atoms with Gasteiger partial charge in [-0.2, -0.15) is 0 Å². The van der Waals surface area contributed by atoms with Crippen molar-refractivity contribution < 1.29 is 19.0 Å². The van der Waals surface area contributed by atoms with Crippen LogP contribution in [0.5, 0.6) is 5.75 Å². The van der Waals surface area contributed by atoms with Gasteiger partial charge in [0.2, 0.25) is 11.9 Å². The number of methoxy groups -OCH3 is 2. The highest BCUT2D eigenvalue weighted by atomic mass is 16.5. The number of nitrogens with one attached hydrogen (secondary N) is 1. The van der Waals surface area contributed by atoms with Crippen molar-refractivity contribution in [1.29, 1.82) is 0 Å². The van der Waals surface area contributed by atoms with E-state index in [4.69, 9.17) is 14.2 Å². The van der Waals surface area contributed by atoms with Gasteiger partial charge >= 0.3 is 0 Å². The molecule has 1 saturated heterocycles. The third-order valence-corrected chi connectivity index (χ3v) is 4.92. The van der Waals surface area contributed by atoms with Crippen molar-refractivity contribution in [3.8, 4) is 5.75 Å². The number of amides is 1. The molecule has 1 N–H and O–H groups in total. The molecule has 30 heavy (non-hydrogen) atoms. The Bertz CT molecular complexity index is 907. The van der Waals surface area contributed by atoms with Gasteiger partial charge in [-0.05, 0) is 24.6 Å². The quantitative estimate of drug-likeness (QED) is 0.689. The molecule has 162 valence electrons. The number of anilines is 1. The fourth-order valence-corrected chi connectivity index (χ4v) is 3.32. The van der Waals surface area contributed by atoms with E-state index >= 15 is 0 Å². The maximum Gasteiger partial charge on any atom is 0.255 e. The molecule has 1 aromatic heterocycles. The first-order valence-corrected chi connectivity index (χ1v) is 9.87. The van der Waals surface area contributed by atoms with E-state index in [0.717, 1.165) is 11.3 Å². The van der Waals surface area contributed by atoms with Gasteiger partial charge in [0.15, 0.2) is 0 Å². The second-order valence-corrected chi connectivity index (χ2v) is 7.07. The molecule has 1 atom stereocenters. The highest BCUT2D eigenvalue weighted by molar-refractivity contribution is 5.76. The van der Waals surface area contributed by atoms with E-state index in [1.165, 1.54) is 10.6 Å². The largest absolute Gasteiger partial charge is 0.497 e. The molecule has 1 fully saturated rings. The number of aromatic nitrogens is 2. The Balaban J connectivity index is 1.78. The van der Waals surface area contributed by atoms with Crippen LogP contribution >= 0.6 is 0 Å². The molecular formula is C21H28N4O5. The van der Waals surface area contributed by atoms with Gasteiger partial charge in [-0.25, -0.2) is 4.98 Å². The van der Waals surface area contributed by atoms with Crippen LogP contribution in [0.4, 0.5) is 5.95 Å². The summed E-state index contributed by atoms with van der Waals surface area (Å²) in [6, 6.07) is 8.68. The molecule has 2 heterocycles. The van der Waals surface area contributed by atoms with Crippen LogP contribution in [0.3, 0.4) is 0 Å². The predicted molar refractivity (Wildman–Crippen MR) is 112 cm³/mol. The lowest BCUT2D eigenvalue weighted by molar-refractivity contribution is -0.122. The highest BCUT2D eigenvalue weighted by Crippen LogP contribution is 2.18. The van der Waals surface area contributed by atoms with Gasteiger partial charge in [-0.15, -0.1) is 0 Å². The minimum atomic E-state index is -0.286. The van der Waals surface area contributed by atoms with Crippen LogP contribution in [0.25, 0.3) is 0 Å². The van der Waals surface area contributed by atoms with Gasteiger partial charge in [0.1, 0.15) is 12.3 Å². The first-order chi connectivity index (χ1) is 14.5. The summed E-state index contributed by atoms with van der Waals surface area (Å²) in [6.45, 7) is 4.31. The van der Waals surface area contributed by atoms with Crippen LogP contribution in [-0.2, 0) is 27.4 Å². The van der Waals surface area contributed by atoms with E-state index in [2.05, 4.69) is 10.3 Å². The summed E-state index contributed by atoms with van der Waals surface area (Å²) in [4.78, 5) is 32.0. The van der Waals surface area contributed by atoms with Crippen molar-refractivity contribution in [3.05, 3.63) is 51.9 Å². The van der Waals surface area contributed by atoms with E-state index in [1.807, 2.05) is 36.1 Å². The minimum absolute atomic E-state index is 0.119. The number of carbonyl (C=O) groups excluding carboxylic acids is 1. The Labute approximate surface area is 175 Å². The van der Waals surface area contributed by atoms with Crippen LogP contribution in [-0.4, -0.2) is 56.0 Å². The highest BCUT2D eigenvalue weighted by Gasteiger charge is 2.21. The smallest absolute Gasteiger partial charge is 0.255 e.